The maximum atomic E-state index is 12.5. The lowest BCUT2D eigenvalue weighted by molar-refractivity contribution is -0.121. The Labute approximate surface area is 153 Å². The molecule has 0 aliphatic carbocycles. The van der Waals surface area contributed by atoms with Gasteiger partial charge < -0.3 is 10.3 Å². The van der Waals surface area contributed by atoms with Crippen molar-refractivity contribution in [1.82, 2.24) is 10.3 Å². The van der Waals surface area contributed by atoms with Crippen molar-refractivity contribution >= 4 is 28.1 Å². The van der Waals surface area contributed by atoms with Crippen molar-refractivity contribution in [2.24, 2.45) is 0 Å². The lowest BCUT2D eigenvalue weighted by Gasteiger charge is -2.15. The van der Waals surface area contributed by atoms with E-state index in [1.54, 1.807) is 11.3 Å². The van der Waals surface area contributed by atoms with Crippen molar-refractivity contribution < 1.29 is 4.79 Å². The van der Waals surface area contributed by atoms with E-state index in [1.165, 1.54) is 35.8 Å². The number of H-pyrrole nitrogens is 1. The van der Waals surface area contributed by atoms with Crippen LogP contribution in [0.4, 0.5) is 0 Å². The van der Waals surface area contributed by atoms with Gasteiger partial charge in [0.1, 0.15) is 0 Å². The maximum Gasteiger partial charge on any atom is 0.220 e. The first kappa shape index (κ1) is 17.7. The summed E-state index contributed by atoms with van der Waals surface area (Å²) in [6.07, 6.45) is 7.26. The minimum absolute atomic E-state index is 0.0954. The Morgan fingerprint density at radius 3 is 2.88 bits per heavy atom. The number of hydrogen-bond acceptors (Lipinski definition) is 2. The molecule has 2 heterocycles. The Morgan fingerprint density at radius 1 is 1.20 bits per heavy atom. The minimum atomic E-state index is 0.0954. The van der Waals surface area contributed by atoms with Gasteiger partial charge in [-0.3, -0.25) is 4.79 Å². The topological polar surface area (TPSA) is 44.9 Å². The molecule has 1 aromatic carbocycles. The zero-order valence-electron chi connectivity index (χ0n) is 14.8. The number of aromatic nitrogens is 1. The van der Waals surface area contributed by atoms with Crippen LogP contribution in [0.15, 0.2) is 47.3 Å². The highest BCUT2D eigenvalue weighted by atomic mass is 32.1. The number of benzene rings is 1. The molecule has 2 aromatic heterocycles. The Bertz CT molecular complexity index is 791. The van der Waals surface area contributed by atoms with Crippen LogP contribution >= 0.6 is 11.3 Å². The summed E-state index contributed by atoms with van der Waals surface area (Å²) in [7, 11) is 0. The van der Waals surface area contributed by atoms with Crippen LogP contribution in [0.2, 0.25) is 0 Å². The number of hydrogen-bond donors (Lipinski definition) is 2. The summed E-state index contributed by atoms with van der Waals surface area (Å²) in [5.41, 5.74) is 3.55. The third kappa shape index (κ3) is 4.51. The Hall–Kier alpha value is -2.07. The molecule has 0 spiro atoms. The van der Waals surface area contributed by atoms with Gasteiger partial charge >= 0.3 is 0 Å². The number of carbonyl (C=O) groups is 1. The molecule has 0 bridgehead atoms. The standard InChI is InChI=1S/C21H26N2OS/c1-2-3-4-7-11-22-21(24)13-18(16-10-12-25-15-16)19-14-23-20-9-6-5-8-17(19)20/h5-6,8-10,12,14-15,18,23H,2-4,7,11,13H2,1H3,(H,22,24). The van der Waals surface area contributed by atoms with E-state index >= 15 is 0 Å². The zero-order valence-corrected chi connectivity index (χ0v) is 15.6. The first-order chi connectivity index (χ1) is 12.3. The molecule has 0 aliphatic heterocycles. The molecule has 0 saturated heterocycles. The Balaban J connectivity index is 1.72. The molecule has 2 N–H and O–H groups in total. The number of unbranched alkanes of at least 4 members (excludes halogenated alkanes) is 3. The second-order valence-corrected chi connectivity index (χ2v) is 7.29. The van der Waals surface area contributed by atoms with Crippen LogP contribution in [-0.4, -0.2) is 17.4 Å². The van der Waals surface area contributed by atoms with Gasteiger partial charge in [0.2, 0.25) is 5.91 Å². The summed E-state index contributed by atoms with van der Waals surface area (Å²) in [6, 6.07) is 10.4. The van der Waals surface area contributed by atoms with Gasteiger partial charge in [-0.1, -0.05) is 44.4 Å². The molecule has 1 amide bonds. The highest BCUT2D eigenvalue weighted by Crippen LogP contribution is 2.34. The number of rotatable bonds is 9. The predicted octanol–water partition coefficient (Wildman–Crippen LogP) is 5.45. The number of amides is 1. The van der Waals surface area contributed by atoms with Crippen LogP contribution in [0, 0.1) is 0 Å². The summed E-state index contributed by atoms with van der Waals surface area (Å²) < 4.78 is 0. The second kappa shape index (κ2) is 8.86. The summed E-state index contributed by atoms with van der Waals surface area (Å²) in [5.74, 6) is 0.232. The van der Waals surface area contributed by atoms with Crippen molar-refractivity contribution in [2.75, 3.05) is 6.54 Å². The Kier molecular flexibility index (Phi) is 6.29. The van der Waals surface area contributed by atoms with Gasteiger partial charge in [0.15, 0.2) is 0 Å². The summed E-state index contributed by atoms with van der Waals surface area (Å²) in [5, 5.41) is 8.54. The molecule has 4 heteroatoms. The van der Waals surface area contributed by atoms with Gasteiger partial charge in [0.25, 0.3) is 0 Å². The molecule has 3 nitrogen and oxygen atoms in total. The molecule has 1 unspecified atom stereocenters. The number of aromatic amines is 1. The molecule has 1 atom stereocenters. The maximum absolute atomic E-state index is 12.5. The fourth-order valence-electron chi connectivity index (χ4n) is 3.30. The average Bonchev–Trinajstić information content (AvgIpc) is 3.29. The molecular formula is C21H26N2OS. The number of thiophene rings is 1. The third-order valence-electron chi connectivity index (χ3n) is 4.68. The largest absolute Gasteiger partial charge is 0.361 e. The molecule has 0 fully saturated rings. The van der Waals surface area contributed by atoms with Crippen molar-refractivity contribution in [3.05, 3.63) is 58.4 Å². The molecular weight excluding hydrogens is 328 g/mol. The lowest BCUT2D eigenvalue weighted by Crippen LogP contribution is -2.26. The van der Waals surface area contributed by atoms with Crippen LogP contribution in [-0.2, 0) is 4.79 Å². The van der Waals surface area contributed by atoms with E-state index in [9.17, 15) is 4.79 Å². The molecule has 3 rings (SSSR count). The van der Waals surface area contributed by atoms with E-state index in [-0.39, 0.29) is 11.8 Å². The van der Waals surface area contributed by atoms with E-state index in [0.717, 1.165) is 18.5 Å². The first-order valence-electron chi connectivity index (χ1n) is 9.14. The highest BCUT2D eigenvalue weighted by Gasteiger charge is 2.21. The lowest BCUT2D eigenvalue weighted by atomic mass is 9.89. The molecule has 3 aromatic rings. The molecule has 0 saturated carbocycles. The van der Waals surface area contributed by atoms with Crippen LogP contribution < -0.4 is 5.32 Å². The van der Waals surface area contributed by atoms with Crippen molar-refractivity contribution in [3.63, 3.8) is 0 Å². The molecule has 0 radical (unpaired) electrons. The summed E-state index contributed by atoms with van der Waals surface area (Å²) in [6.45, 7) is 2.98. The predicted molar refractivity (Wildman–Crippen MR) is 106 cm³/mol. The summed E-state index contributed by atoms with van der Waals surface area (Å²) in [4.78, 5) is 15.8. The number of nitrogens with one attached hydrogen (secondary N) is 2. The fraction of sp³-hybridized carbons (Fsp3) is 0.381. The van der Waals surface area contributed by atoms with Gasteiger partial charge in [-0.05, 0) is 40.4 Å². The van der Waals surface area contributed by atoms with E-state index in [0.29, 0.717) is 6.42 Å². The number of para-hydroxylation sites is 1. The van der Waals surface area contributed by atoms with Gasteiger partial charge in [-0.2, -0.15) is 11.3 Å². The van der Waals surface area contributed by atoms with E-state index in [1.807, 2.05) is 6.07 Å². The van der Waals surface area contributed by atoms with Crippen molar-refractivity contribution in [3.8, 4) is 0 Å². The van der Waals surface area contributed by atoms with Crippen molar-refractivity contribution in [2.45, 2.75) is 44.9 Å². The van der Waals surface area contributed by atoms with Gasteiger partial charge in [0, 0.05) is 36.0 Å². The van der Waals surface area contributed by atoms with Gasteiger partial charge in [-0.15, -0.1) is 0 Å². The van der Waals surface area contributed by atoms with E-state index in [4.69, 9.17) is 0 Å². The zero-order chi connectivity index (χ0) is 17.5. The smallest absolute Gasteiger partial charge is 0.220 e. The summed E-state index contributed by atoms with van der Waals surface area (Å²) >= 11 is 1.68. The quantitative estimate of drug-likeness (QED) is 0.493. The number of fused-ring (bicyclic) bond motifs is 1. The molecule has 132 valence electrons. The van der Waals surface area contributed by atoms with Gasteiger partial charge in [0.05, 0.1) is 0 Å². The minimum Gasteiger partial charge on any atom is -0.361 e. The number of carbonyl (C=O) groups excluding carboxylic acids is 1. The highest BCUT2D eigenvalue weighted by molar-refractivity contribution is 7.08. The van der Waals surface area contributed by atoms with E-state index in [2.05, 4.69) is 58.4 Å². The Morgan fingerprint density at radius 2 is 2.08 bits per heavy atom. The van der Waals surface area contributed by atoms with Crippen LogP contribution in [0.5, 0.6) is 0 Å². The monoisotopic (exact) mass is 354 g/mol. The van der Waals surface area contributed by atoms with E-state index < -0.39 is 0 Å². The first-order valence-corrected chi connectivity index (χ1v) is 10.1. The van der Waals surface area contributed by atoms with Crippen LogP contribution in [0.3, 0.4) is 0 Å². The molecule has 0 aliphatic rings. The normalized spacial score (nSPS) is 12.4. The average molecular weight is 355 g/mol. The van der Waals surface area contributed by atoms with Crippen molar-refractivity contribution in [1.29, 1.82) is 0 Å². The fourth-order valence-corrected chi connectivity index (χ4v) is 4.01. The molecule has 25 heavy (non-hydrogen) atoms. The van der Waals surface area contributed by atoms with Crippen LogP contribution in [0.1, 0.15) is 56.1 Å². The van der Waals surface area contributed by atoms with Crippen LogP contribution in [0.25, 0.3) is 10.9 Å². The second-order valence-electron chi connectivity index (χ2n) is 6.51. The SMILES string of the molecule is CCCCCCNC(=O)CC(c1ccsc1)c1c[nH]c2ccccc12. The van der Waals surface area contributed by atoms with Gasteiger partial charge in [-0.25, -0.2) is 0 Å². The third-order valence-corrected chi connectivity index (χ3v) is 5.39.